The molecule has 1 aliphatic carbocycles. The monoisotopic (exact) mass is 211 g/mol. The van der Waals surface area contributed by atoms with Gasteiger partial charge in [-0.2, -0.15) is 5.26 Å². The van der Waals surface area contributed by atoms with Crippen LogP contribution in [-0.4, -0.2) is 11.5 Å². The number of hydrogen-bond acceptors (Lipinski definition) is 3. The third kappa shape index (κ3) is 1.99. The summed E-state index contributed by atoms with van der Waals surface area (Å²) in [6, 6.07) is 4.13. The second kappa shape index (κ2) is 4.68. The summed E-state index contributed by atoms with van der Waals surface area (Å²) in [6.07, 6.45) is 9.02. The number of rotatable bonds is 3. The maximum absolute atomic E-state index is 9.04. The van der Waals surface area contributed by atoms with E-state index >= 15 is 0 Å². The number of nitrogens with one attached hydrogen (secondary N) is 1. The van der Waals surface area contributed by atoms with E-state index in [1.807, 2.05) is 6.07 Å². The fourth-order valence-corrected chi connectivity index (χ4v) is 1.95. The maximum atomic E-state index is 9.04. The van der Waals surface area contributed by atoms with Crippen LogP contribution in [0.25, 0.3) is 0 Å². The average Bonchev–Trinajstić information content (AvgIpc) is 2.75. The van der Waals surface area contributed by atoms with Gasteiger partial charge in [-0.15, -0.1) is 12.3 Å². The smallest absolute Gasteiger partial charge is 0.144 e. The third-order valence-electron chi connectivity index (χ3n) is 2.73. The van der Waals surface area contributed by atoms with Gasteiger partial charge in [-0.1, -0.05) is 0 Å². The van der Waals surface area contributed by atoms with Crippen LogP contribution in [0.2, 0.25) is 0 Å². The normalized spacial score (nSPS) is 12.6. The van der Waals surface area contributed by atoms with Crippen molar-refractivity contribution in [2.45, 2.75) is 25.7 Å². The largest absolute Gasteiger partial charge is 0.368 e. The molecule has 0 aliphatic heterocycles. The van der Waals surface area contributed by atoms with Crippen molar-refractivity contribution in [3.63, 3.8) is 0 Å². The molecule has 1 aromatic heterocycles. The van der Waals surface area contributed by atoms with E-state index in [0.717, 1.165) is 25.0 Å². The first-order valence-corrected chi connectivity index (χ1v) is 5.45. The number of fused-ring (bicyclic) bond motifs is 1. The Morgan fingerprint density at radius 3 is 3.12 bits per heavy atom. The zero-order valence-electron chi connectivity index (χ0n) is 9.08. The van der Waals surface area contributed by atoms with Crippen LogP contribution in [0.3, 0.4) is 0 Å². The van der Waals surface area contributed by atoms with E-state index in [0.29, 0.717) is 24.3 Å². The van der Waals surface area contributed by atoms with E-state index < -0.39 is 0 Å². The minimum atomic E-state index is 0.623. The molecule has 0 bridgehead atoms. The molecule has 0 unspecified atom stereocenters. The van der Waals surface area contributed by atoms with Gasteiger partial charge in [0.25, 0.3) is 0 Å². The number of anilines is 1. The first-order chi connectivity index (χ1) is 7.85. The molecule has 16 heavy (non-hydrogen) atoms. The van der Waals surface area contributed by atoms with Gasteiger partial charge < -0.3 is 5.32 Å². The van der Waals surface area contributed by atoms with Crippen LogP contribution in [0.15, 0.2) is 6.07 Å². The summed E-state index contributed by atoms with van der Waals surface area (Å²) in [5.74, 6) is 3.23. The van der Waals surface area contributed by atoms with E-state index in [9.17, 15) is 0 Å². The summed E-state index contributed by atoms with van der Waals surface area (Å²) in [4.78, 5) is 4.49. The van der Waals surface area contributed by atoms with Crippen molar-refractivity contribution in [2.75, 3.05) is 11.9 Å². The zero-order chi connectivity index (χ0) is 11.4. The Hall–Kier alpha value is -2.00. The maximum Gasteiger partial charge on any atom is 0.144 e. The highest BCUT2D eigenvalue weighted by atomic mass is 15.0. The summed E-state index contributed by atoms with van der Waals surface area (Å²) in [5.41, 5.74) is 2.97. The number of aromatic nitrogens is 1. The van der Waals surface area contributed by atoms with Crippen molar-refractivity contribution in [2.24, 2.45) is 0 Å². The van der Waals surface area contributed by atoms with E-state index in [4.69, 9.17) is 11.7 Å². The highest BCUT2D eigenvalue weighted by Gasteiger charge is 2.15. The number of terminal acetylenes is 1. The molecule has 1 N–H and O–H groups in total. The summed E-state index contributed by atoms with van der Waals surface area (Å²) in [7, 11) is 0. The van der Waals surface area contributed by atoms with Crippen molar-refractivity contribution in [1.82, 2.24) is 4.98 Å². The third-order valence-corrected chi connectivity index (χ3v) is 2.73. The predicted octanol–water partition coefficient (Wildman–Crippen LogP) is 1.88. The van der Waals surface area contributed by atoms with Gasteiger partial charge in [0.15, 0.2) is 0 Å². The van der Waals surface area contributed by atoms with Crippen LogP contribution in [0.4, 0.5) is 5.82 Å². The number of aryl methyl sites for hydroxylation is 2. The van der Waals surface area contributed by atoms with Gasteiger partial charge in [0.2, 0.25) is 0 Å². The van der Waals surface area contributed by atoms with Crippen molar-refractivity contribution in [1.29, 1.82) is 5.26 Å². The predicted molar refractivity (Wildman–Crippen MR) is 62.9 cm³/mol. The Balaban J connectivity index is 2.24. The lowest BCUT2D eigenvalue weighted by Crippen LogP contribution is -2.06. The van der Waals surface area contributed by atoms with E-state index in [1.54, 1.807) is 0 Å². The molecule has 0 saturated carbocycles. The molecule has 3 nitrogen and oxygen atoms in total. The number of nitrogens with zero attached hydrogens (tertiary/aromatic N) is 2. The van der Waals surface area contributed by atoms with Crippen LogP contribution in [0, 0.1) is 23.7 Å². The molecule has 1 heterocycles. The first kappa shape index (κ1) is 10.5. The van der Waals surface area contributed by atoms with Crippen LogP contribution in [0.5, 0.6) is 0 Å². The quantitative estimate of drug-likeness (QED) is 0.613. The topological polar surface area (TPSA) is 48.7 Å². The Kier molecular flexibility index (Phi) is 3.08. The van der Waals surface area contributed by atoms with Crippen molar-refractivity contribution in [3.05, 3.63) is 22.9 Å². The Bertz CT molecular complexity index is 477. The number of pyridine rings is 1. The Morgan fingerprint density at radius 1 is 1.50 bits per heavy atom. The second-order valence-electron chi connectivity index (χ2n) is 3.84. The minimum Gasteiger partial charge on any atom is -0.368 e. The average molecular weight is 211 g/mol. The van der Waals surface area contributed by atoms with Crippen LogP contribution >= 0.6 is 0 Å². The van der Waals surface area contributed by atoms with Crippen LogP contribution in [-0.2, 0) is 12.8 Å². The lowest BCUT2D eigenvalue weighted by molar-refractivity contribution is 0.899. The molecule has 0 radical (unpaired) electrons. The fourth-order valence-electron chi connectivity index (χ4n) is 1.95. The van der Waals surface area contributed by atoms with Gasteiger partial charge in [0.05, 0.1) is 5.56 Å². The molecule has 0 atom stereocenters. The molecule has 3 heteroatoms. The number of nitriles is 1. The van der Waals surface area contributed by atoms with E-state index in [-0.39, 0.29) is 0 Å². The van der Waals surface area contributed by atoms with Crippen LogP contribution in [0.1, 0.15) is 29.7 Å². The Morgan fingerprint density at radius 2 is 2.38 bits per heavy atom. The molecular formula is C13H13N3. The summed E-state index contributed by atoms with van der Waals surface area (Å²) in [6.45, 7) is 0.664. The molecule has 0 amide bonds. The zero-order valence-corrected chi connectivity index (χ0v) is 9.08. The van der Waals surface area contributed by atoms with Crippen molar-refractivity contribution >= 4 is 5.82 Å². The first-order valence-electron chi connectivity index (χ1n) is 5.45. The molecule has 0 aromatic carbocycles. The highest BCUT2D eigenvalue weighted by molar-refractivity contribution is 5.55. The molecule has 0 saturated heterocycles. The molecule has 2 rings (SSSR count). The lowest BCUT2D eigenvalue weighted by Gasteiger charge is -2.08. The minimum absolute atomic E-state index is 0.623. The molecule has 1 aromatic rings. The Labute approximate surface area is 95.5 Å². The fraction of sp³-hybridized carbons (Fsp3) is 0.385. The van der Waals surface area contributed by atoms with E-state index in [1.165, 1.54) is 5.56 Å². The lowest BCUT2D eigenvalue weighted by atomic mass is 10.1. The van der Waals surface area contributed by atoms with Gasteiger partial charge in [0.1, 0.15) is 11.9 Å². The van der Waals surface area contributed by atoms with Gasteiger partial charge >= 0.3 is 0 Å². The molecular weight excluding hydrogens is 198 g/mol. The molecule has 0 spiro atoms. The second-order valence-corrected chi connectivity index (χ2v) is 3.84. The molecule has 80 valence electrons. The molecule has 0 fully saturated rings. The van der Waals surface area contributed by atoms with Gasteiger partial charge in [-0.05, 0) is 30.9 Å². The summed E-state index contributed by atoms with van der Waals surface area (Å²) in [5, 5.41) is 12.2. The summed E-state index contributed by atoms with van der Waals surface area (Å²) >= 11 is 0. The van der Waals surface area contributed by atoms with Crippen molar-refractivity contribution < 1.29 is 0 Å². The molecule has 1 aliphatic rings. The van der Waals surface area contributed by atoms with E-state index in [2.05, 4.69) is 22.3 Å². The standard InChI is InChI=1S/C13H13N3/c1-2-3-7-15-13-11(9-14)8-10-5-4-6-12(10)16-13/h1,8H,3-7H2,(H,15,16). The van der Waals surface area contributed by atoms with Gasteiger partial charge in [-0.25, -0.2) is 4.98 Å². The van der Waals surface area contributed by atoms with Gasteiger partial charge in [0, 0.05) is 18.7 Å². The summed E-state index contributed by atoms with van der Waals surface area (Å²) < 4.78 is 0. The van der Waals surface area contributed by atoms with Gasteiger partial charge in [-0.3, -0.25) is 0 Å². The SMILES string of the molecule is C#CCCNc1nc2c(cc1C#N)CCC2. The van der Waals surface area contributed by atoms with Crippen molar-refractivity contribution in [3.8, 4) is 18.4 Å². The highest BCUT2D eigenvalue weighted by Crippen LogP contribution is 2.24. The van der Waals surface area contributed by atoms with Crippen LogP contribution < -0.4 is 5.32 Å². The number of hydrogen-bond donors (Lipinski definition) is 1.